The zero-order chi connectivity index (χ0) is 17.0. The number of anilines is 1. The molecule has 122 valence electrons. The van der Waals surface area contributed by atoms with Crippen LogP contribution in [0.5, 0.6) is 5.75 Å². The van der Waals surface area contributed by atoms with Crippen molar-refractivity contribution in [3.05, 3.63) is 59.9 Å². The SMILES string of the molecule is CN(C)S(=O)(=O)Oc1cccc(C(=O)Nc2ccc(F)cc2)c1. The molecule has 8 heteroatoms. The number of rotatable bonds is 5. The Labute approximate surface area is 133 Å². The van der Waals surface area contributed by atoms with E-state index in [2.05, 4.69) is 5.32 Å². The summed E-state index contributed by atoms with van der Waals surface area (Å²) in [5.41, 5.74) is 0.629. The first kappa shape index (κ1) is 16.9. The number of amides is 1. The Kier molecular flexibility index (Phi) is 4.97. The Bertz CT molecular complexity index is 804. The van der Waals surface area contributed by atoms with Gasteiger partial charge in [0.15, 0.2) is 0 Å². The Morgan fingerprint density at radius 3 is 2.39 bits per heavy atom. The summed E-state index contributed by atoms with van der Waals surface area (Å²) in [6.07, 6.45) is 0. The first-order valence-electron chi connectivity index (χ1n) is 6.57. The number of carbonyl (C=O) groups is 1. The van der Waals surface area contributed by atoms with Gasteiger partial charge in [0.1, 0.15) is 11.6 Å². The van der Waals surface area contributed by atoms with Gasteiger partial charge < -0.3 is 9.50 Å². The fourth-order valence-electron chi connectivity index (χ4n) is 1.62. The molecule has 0 radical (unpaired) electrons. The van der Waals surface area contributed by atoms with Crippen LogP contribution in [-0.4, -0.2) is 32.7 Å². The number of nitrogens with one attached hydrogen (secondary N) is 1. The molecule has 1 amide bonds. The second kappa shape index (κ2) is 6.76. The van der Waals surface area contributed by atoms with Gasteiger partial charge in [0.05, 0.1) is 0 Å². The summed E-state index contributed by atoms with van der Waals surface area (Å²) in [6, 6.07) is 11.0. The third-order valence-electron chi connectivity index (χ3n) is 2.85. The van der Waals surface area contributed by atoms with Crippen LogP contribution in [0.2, 0.25) is 0 Å². The van der Waals surface area contributed by atoms with E-state index >= 15 is 0 Å². The summed E-state index contributed by atoms with van der Waals surface area (Å²) in [5.74, 6) is -0.859. The molecular formula is C15H15FN2O4S. The first-order valence-corrected chi connectivity index (χ1v) is 7.93. The molecule has 0 saturated heterocycles. The maximum atomic E-state index is 12.8. The van der Waals surface area contributed by atoms with Crippen molar-refractivity contribution in [3.8, 4) is 5.75 Å². The fraction of sp³-hybridized carbons (Fsp3) is 0.133. The highest BCUT2D eigenvalue weighted by Gasteiger charge is 2.16. The Morgan fingerprint density at radius 2 is 1.78 bits per heavy atom. The van der Waals surface area contributed by atoms with Crippen LogP contribution >= 0.6 is 0 Å². The summed E-state index contributed by atoms with van der Waals surface area (Å²) in [7, 11) is -1.23. The van der Waals surface area contributed by atoms with Gasteiger partial charge in [-0.2, -0.15) is 12.7 Å². The number of hydrogen-bond donors (Lipinski definition) is 1. The molecule has 0 saturated carbocycles. The van der Waals surface area contributed by atoms with Crippen molar-refractivity contribution in [2.45, 2.75) is 0 Å². The van der Waals surface area contributed by atoms with Crippen LogP contribution in [0.1, 0.15) is 10.4 Å². The van der Waals surface area contributed by atoms with Crippen LogP contribution in [0, 0.1) is 5.82 Å². The molecule has 0 atom stereocenters. The third kappa shape index (κ3) is 4.51. The summed E-state index contributed by atoms with van der Waals surface area (Å²) in [5, 5.41) is 2.58. The van der Waals surface area contributed by atoms with Gasteiger partial charge in [0, 0.05) is 25.3 Å². The predicted octanol–water partition coefficient (Wildman–Crippen LogP) is 2.26. The minimum Gasteiger partial charge on any atom is -0.371 e. The third-order valence-corrected chi connectivity index (χ3v) is 4.14. The maximum absolute atomic E-state index is 12.8. The average Bonchev–Trinajstić information content (AvgIpc) is 2.49. The van der Waals surface area contributed by atoms with Gasteiger partial charge in [-0.15, -0.1) is 0 Å². The van der Waals surface area contributed by atoms with Gasteiger partial charge in [-0.1, -0.05) is 6.07 Å². The first-order chi connectivity index (χ1) is 10.8. The summed E-state index contributed by atoms with van der Waals surface area (Å²) >= 11 is 0. The number of nitrogens with zero attached hydrogens (tertiary/aromatic N) is 1. The molecule has 0 heterocycles. The van der Waals surface area contributed by atoms with Crippen LogP contribution < -0.4 is 9.50 Å². The molecule has 2 rings (SSSR count). The van der Waals surface area contributed by atoms with E-state index in [1.54, 1.807) is 0 Å². The molecule has 0 fully saturated rings. The molecular weight excluding hydrogens is 323 g/mol. The summed E-state index contributed by atoms with van der Waals surface area (Å²) in [4.78, 5) is 12.1. The van der Waals surface area contributed by atoms with Crippen molar-refractivity contribution in [2.24, 2.45) is 0 Å². The lowest BCUT2D eigenvalue weighted by Crippen LogP contribution is -2.27. The van der Waals surface area contributed by atoms with Crippen molar-refractivity contribution in [1.82, 2.24) is 4.31 Å². The van der Waals surface area contributed by atoms with Gasteiger partial charge in [0.2, 0.25) is 0 Å². The second-order valence-electron chi connectivity index (χ2n) is 4.81. The highest BCUT2D eigenvalue weighted by molar-refractivity contribution is 7.84. The molecule has 0 unspecified atom stereocenters. The summed E-state index contributed by atoms with van der Waals surface area (Å²) in [6.45, 7) is 0. The van der Waals surface area contributed by atoms with Gasteiger partial charge in [-0.25, -0.2) is 4.39 Å². The highest BCUT2D eigenvalue weighted by atomic mass is 32.2. The lowest BCUT2D eigenvalue weighted by Gasteiger charge is -2.12. The van der Waals surface area contributed by atoms with Crippen molar-refractivity contribution in [1.29, 1.82) is 0 Å². The standard InChI is InChI=1S/C15H15FN2O4S/c1-18(2)23(20,21)22-14-5-3-4-11(10-14)15(19)17-13-8-6-12(16)7-9-13/h3-10H,1-2H3,(H,17,19). The van der Waals surface area contributed by atoms with E-state index < -0.39 is 22.0 Å². The van der Waals surface area contributed by atoms with E-state index in [-0.39, 0.29) is 11.3 Å². The molecule has 0 aliphatic rings. The van der Waals surface area contributed by atoms with Crippen LogP contribution in [0.15, 0.2) is 48.5 Å². The van der Waals surface area contributed by atoms with Crippen LogP contribution in [0.25, 0.3) is 0 Å². The van der Waals surface area contributed by atoms with E-state index in [0.29, 0.717) is 5.69 Å². The normalized spacial score (nSPS) is 11.3. The van der Waals surface area contributed by atoms with Crippen molar-refractivity contribution in [3.63, 3.8) is 0 Å². The molecule has 0 aliphatic carbocycles. The van der Waals surface area contributed by atoms with Crippen LogP contribution in [0.3, 0.4) is 0 Å². The molecule has 23 heavy (non-hydrogen) atoms. The Balaban J connectivity index is 2.16. The molecule has 2 aromatic carbocycles. The lowest BCUT2D eigenvalue weighted by molar-refractivity contribution is 0.102. The lowest BCUT2D eigenvalue weighted by atomic mass is 10.2. The average molecular weight is 338 g/mol. The second-order valence-corrected chi connectivity index (χ2v) is 6.56. The smallest absolute Gasteiger partial charge is 0.371 e. The van der Waals surface area contributed by atoms with E-state index in [1.807, 2.05) is 0 Å². The molecule has 1 N–H and O–H groups in total. The van der Waals surface area contributed by atoms with E-state index in [1.165, 1.54) is 62.6 Å². The zero-order valence-electron chi connectivity index (χ0n) is 12.5. The maximum Gasteiger partial charge on any atom is 0.384 e. The quantitative estimate of drug-likeness (QED) is 0.907. The van der Waals surface area contributed by atoms with Crippen LogP contribution in [0.4, 0.5) is 10.1 Å². The van der Waals surface area contributed by atoms with Gasteiger partial charge >= 0.3 is 10.3 Å². The largest absolute Gasteiger partial charge is 0.384 e. The van der Waals surface area contributed by atoms with E-state index in [4.69, 9.17) is 4.18 Å². The topological polar surface area (TPSA) is 75.7 Å². The van der Waals surface area contributed by atoms with Crippen molar-refractivity contribution in [2.75, 3.05) is 19.4 Å². The van der Waals surface area contributed by atoms with E-state index in [9.17, 15) is 17.6 Å². The zero-order valence-corrected chi connectivity index (χ0v) is 13.3. The number of hydrogen-bond acceptors (Lipinski definition) is 4. The van der Waals surface area contributed by atoms with Gasteiger partial charge in [-0.05, 0) is 42.5 Å². The number of carbonyl (C=O) groups excluding carboxylic acids is 1. The fourth-order valence-corrected chi connectivity index (χ4v) is 2.12. The van der Waals surface area contributed by atoms with Gasteiger partial charge in [-0.3, -0.25) is 4.79 Å². The van der Waals surface area contributed by atoms with Crippen molar-refractivity contribution < 1.29 is 21.8 Å². The Hall–Kier alpha value is -2.45. The highest BCUT2D eigenvalue weighted by Crippen LogP contribution is 2.18. The molecule has 0 aliphatic heterocycles. The van der Waals surface area contributed by atoms with Gasteiger partial charge in [0.25, 0.3) is 5.91 Å². The molecule has 0 bridgehead atoms. The summed E-state index contributed by atoms with van der Waals surface area (Å²) < 4.78 is 42.0. The van der Waals surface area contributed by atoms with E-state index in [0.717, 1.165) is 4.31 Å². The number of benzene rings is 2. The monoisotopic (exact) mass is 338 g/mol. The number of halogens is 1. The Morgan fingerprint density at radius 1 is 1.13 bits per heavy atom. The van der Waals surface area contributed by atoms with Crippen molar-refractivity contribution >= 4 is 21.9 Å². The molecule has 0 spiro atoms. The minimum atomic E-state index is -3.90. The predicted molar refractivity (Wildman–Crippen MR) is 84.0 cm³/mol. The minimum absolute atomic E-state index is 0.0189. The molecule has 6 nitrogen and oxygen atoms in total. The molecule has 2 aromatic rings. The molecule has 0 aromatic heterocycles. The van der Waals surface area contributed by atoms with Crippen LogP contribution in [-0.2, 0) is 10.3 Å².